The lowest BCUT2D eigenvalue weighted by Crippen LogP contribution is -2.43. The molecule has 2 heterocycles. The summed E-state index contributed by atoms with van der Waals surface area (Å²) < 4.78 is 4.94. The number of aliphatic carboxylic acids is 1. The number of hydrogen-bond donors (Lipinski definition) is 4. The van der Waals surface area contributed by atoms with Crippen LogP contribution in [0.15, 0.2) is 18.2 Å². The van der Waals surface area contributed by atoms with Gasteiger partial charge in [0, 0.05) is 5.92 Å². The second-order valence-corrected chi connectivity index (χ2v) is 5.26. The van der Waals surface area contributed by atoms with E-state index in [9.17, 15) is 9.59 Å². The van der Waals surface area contributed by atoms with E-state index in [0.717, 1.165) is 11.9 Å². The molecule has 1 aromatic heterocycles. The van der Waals surface area contributed by atoms with Crippen molar-refractivity contribution in [3.05, 3.63) is 24.0 Å². The second kappa shape index (κ2) is 5.64. The number of carboxylic acid groups (broad SMARTS) is 1. The Morgan fingerprint density at radius 1 is 1.41 bits per heavy atom. The van der Waals surface area contributed by atoms with Gasteiger partial charge in [-0.05, 0) is 31.5 Å². The zero-order chi connectivity index (χ0) is 15.7. The quantitative estimate of drug-likeness (QED) is 0.667. The molecule has 2 unspecified atom stereocenters. The van der Waals surface area contributed by atoms with E-state index in [0.29, 0.717) is 24.3 Å². The number of carbonyl (C=O) groups excluding carboxylic acids is 1. The lowest BCUT2D eigenvalue weighted by Gasteiger charge is -2.26. The molecule has 0 saturated carbocycles. The van der Waals surface area contributed by atoms with Gasteiger partial charge in [0.05, 0.1) is 5.52 Å². The minimum atomic E-state index is -0.898. The number of H-pyrrole nitrogens is 1. The third kappa shape index (κ3) is 2.73. The number of aromatic amines is 1. The summed E-state index contributed by atoms with van der Waals surface area (Å²) in [4.78, 5) is 29.7. The molecule has 5 N–H and O–H groups in total. The van der Waals surface area contributed by atoms with Gasteiger partial charge in [-0.3, -0.25) is 4.79 Å². The number of primary amides is 1. The number of carbonyl (C=O) groups is 2. The predicted molar refractivity (Wildman–Crippen MR) is 77.7 cm³/mol. The van der Waals surface area contributed by atoms with Gasteiger partial charge in [0.2, 0.25) is 0 Å². The van der Waals surface area contributed by atoms with Gasteiger partial charge in [-0.15, -0.1) is 0 Å². The number of amides is 1. The summed E-state index contributed by atoms with van der Waals surface area (Å²) in [5, 5.41) is 12.1. The average molecular weight is 304 g/mol. The van der Waals surface area contributed by atoms with Crippen molar-refractivity contribution in [3.8, 4) is 5.75 Å². The third-order valence-corrected chi connectivity index (χ3v) is 3.79. The molecular formula is C14H16N4O4. The monoisotopic (exact) mass is 304 g/mol. The van der Waals surface area contributed by atoms with E-state index in [1.807, 2.05) is 6.07 Å². The molecule has 0 bridgehead atoms. The summed E-state index contributed by atoms with van der Waals surface area (Å²) >= 11 is 0. The van der Waals surface area contributed by atoms with Crippen LogP contribution in [0.5, 0.6) is 5.75 Å². The van der Waals surface area contributed by atoms with Gasteiger partial charge in [-0.2, -0.15) is 0 Å². The van der Waals surface area contributed by atoms with Gasteiger partial charge >= 0.3 is 12.1 Å². The van der Waals surface area contributed by atoms with Crippen LogP contribution in [0.2, 0.25) is 0 Å². The molecule has 1 aliphatic rings. The summed E-state index contributed by atoms with van der Waals surface area (Å²) in [7, 11) is 0. The van der Waals surface area contributed by atoms with Crippen molar-refractivity contribution in [2.24, 2.45) is 5.73 Å². The number of piperidine rings is 1. The number of nitrogens with one attached hydrogen (secondary N) is 2. The van der Waals surface area contributed by atoms with Crippen molar-refractivity contribution in [1.82, 2.24) is 15.3 Å². The first-order chi connectivity index (χ1) is 10.5. The number of hydrogen-bond acceptors (Lipinski definition) is 5. The Morgan fingerprint density at radius 3 is 2.95 bits per heavy atom. The largest absolute Gasteiger partial charge is 0.480 e. The molecule has 1 saturated heterocycles. The van der Waals surface area contributed by atoms with Gasteiger partial charge in [0.25, 0.3) is 0 Å². The summed E-state index contributed by atoms with van der Waals surface area (Å²) in [5.74, 6) is 0.134. The summed E-state index contributed by atoms with van der Waals surface area (Å²) in [5.41, 5.74) is 6.28. The number of rotatable bonds is 3. The Balaban J connectivity index is 1.91. The first-order valence-corrected chi connectivity index (χ1v) is 6.96. The Morgan fingerprint density at radius 2 is 2.23 bits per heavy atom. The maximum Gasteiger partial charge on any atom is 0.410 e. The van der Waals surface area contributed by atoms with Crippen LogP contribution in [0.4, 0.5) is 4.79 Å². The third-order valence-electron chi connectivity index (χ3n) is 3.79. The van der Waals surface area contributed by atoms with E-state index in [1.165, 1.54) is 0 Å². The van der Waals surface area contributed by atoms with Crippen molar-refractivity contribution >= 4 is 23.1 Å². The minimum Gasteiger partial charge on any atom is -0.480 e. The fourth-order valence-electron chi connectivity index (χ4n) is 2.76. The number of aromatic nitrogens is 2. The maximum absolute atomic E-state index is 11.1. The molecule has 8 heteroatoms. The molecule has 2 atom stereocenters. The highest BCUT2D eigenvalue weighted by atomic mass is 16.5. The van der Waals surface area contributed by atoms with Crippen LogP contribution in [0, 0.1) is 0 Å². The normalized spacial score (nSPS) is 21.6. The number of nitrogens with zero attached hydrogens (tertiary/aromatic N) is 1. The Kier molecular flexibility index (Phi) is 3.68. The van der Waals surface area contributed by atoms with Crippen LogP contribution in [-0.4, -0.2) is 39.7 Å². The fraction of sp³-hybridized carbons (Fsp3) is 0.357. The number of ether oxygens (including phenoxy) is 1. The average Bonchev–Trinajstić information content (AvgIpc) is 2.92. The first-order valence-electron chi connectivity index (χ1n) is 6.96. The van der Waals surface area contributed by atoms with Crippen LogP contribution < -0.4 is 15.8 Å². The zero-order valence-electron chi connectivity index (χ0n) is 11.7. The zero-order valence-corrected chi connectivity index (χ0v) is 11.7. The molecule has 116 valence electrons. The van der Waals surface area contributed by atoms with Crippen LogP contribution in [0.25, 0.3) is 11.0 Å². The fourth-order valence-corrected chi connectivity index (χ4v) is 2.76. The molecular weight excluding hydrogens is 288 g/mol. The highest BCUT2D eigenvalue weighted by Crippen LogP contribution is 2.30. The van der Waals surface area contributed by atoms with Gasteiger partial charge in [0.1, 0.15) is 17.4 Å². The lowest BCUT2D eigenvalue weighted by atomic mass is 9.92. The van der Waals surface area contributed by atoms with Crippen molar-refractivity contribution < 1.29 is 19.4 Å². The molecule has 1 aliphatic heterocycles. The van der Waals surface area contributed by atoms with Crippen LogP contribution in [0.3, 0.4) is 0 Å². The highest BCUT2D eigenvalue weighted by Gasteiger charge is 2.29. The van der Waals surface area contributed by atoms with Gasteiger partial charge in [0.15, 0.2) is 5.75 Å². The minimum absolute atomic E-state index is 0.0104. The molecule has 1 fully saturated rings. The van der Waals surface area contributed by atoms with Crippen LogP contribution in [0.1, 0.15) is 24.6 Å². The molecule has 1 amide bonds. The number of para-hydroxylation sites is 1. The van der Waals surface area contributed by atoms with Crippen LogP contribution >= 0.6 is 0 Å². The summed E-state index contributed by atoms with van der Waals surface area (Å²) in [6, 6.07) is 4.58. The van der Waals surface area contributed by atoms with Gasteiger partial charge in [-0.25, -0.2) is 9.78 Å². The first kappa shape index (κ1) is 14.3. The number of imidazole rings is 1. The summed E-state index contributed by atoms with van der Waals surface area (Å²) in [6.45, 7) is 0.614. The van der Waals surface area contributed by atoms with Gasteiger partial charge < -0.3 is 25.9 Å². The predicted octanol–water partition coefficient (Wildman–Crippen LogP) is 0.941. The molecule has 1 aromatic carbocycles. The molecule has 22 heavy (non-hydrogen) atoms. The van der Waals surface area contributed by atoms with Crippen LogP contribution in [-0.2, 0) is 4.79 Å². The topological polar surface area (TPSA) is 130 Å². The van der Waals surface area contributed by atoms with E-state index < -0.39 is 18.1 Å². The Hall–Kier alpha value is -2.61. The van der Waals surface area contributed by atoms with E-state index in [2.05, 4.69) is 15.3 Å². The van der Waals surface area contributed by atoms with Gasteiger partial charge in [-0.1, -0.05) is 6.07 Å². The number of benzene rings is 1. The van der Waals surface area contributed by atoms with Crippen molar-refractivity contribution in [2.75, 3.05) is 6.54 Å². The smallest absolute Gasteiger partial charge is 0.410 e. The Labute approximate surface area is 125 Å². The molecule has 3 rings (SSSR count). The van der Waals surface area contributed by atoms with E-state index in [1.54, 1.807) is 12.1 Å². The van der Waals surface area contributed by atoms with E-state index >= 15 is 0 Å². The van der Waals surface area contributed by atoms with Crippen molar-refractivity contribution in [3.63, 3.8) is 0 Å². The molecule has 0 aliphatic carbocycles. The number of fused-ring (bicyclic) bond motifs is 1. The SMILES string of the molecule is NC(=O)Oc1cccc2[nH]c(C3CCNC(C(=O)O)C3)nc12. The Bertz CT molecular complexity index is 727. The highest BCUT2D eigenvalue weighted by molar-refractivity contribution is 5.84. The van der Waals surface area contributed by atoms with Crippen molar-refractivity contribution in [1.29, 1.82) is 0 Å². The van der Waals surface area contributed by atoms with E-state index in [-0.39, 0.29) is 11.7 Å². The van der Waals surface area contributed by atoms with E-state index in [4.69, 9.17) is 15.6 Å². The van der Waals surface area contributed by atoms with Crippen molar-refractivity contribution in [2.45, 2.75) is 24.8 Å². The second-order valence-electron chi connectivity index (χ2n) is 5.26. The number of carboxylic acids is 1. The summed E-state index contributed by atoms with van der Waals surface area (Å²) in [6.07, 6.45) is 0.349. The maximum atomic E-state index is 11.1. The molecule has 0 radical (unpaired) electrons. The molecule has 8 nitrogen and oxygen atoms in total. The lowest BCUT2D eigenvalue weighted by molar-refractivity contribution is -0.140. The molecule has 2 aromatic rings. The number of nitrogens with two attached hydrogens (primary N) is 1. The molecule has 0 spiro atoms. The standard InChI is InChI=1S/C14H16N4O4/c15-14(21)22-10-3-1-2-8-11(10)18-12(17-8)7-4-5-16-9(6-7)13(19)20/h1-3,7,9,16H,4-6H2,(H2,15,21)(H,17,18)(H,19,20).